The van der Waals surface area contributed by atoms with Crippen LogP contribution in [-0.2, 0) is 11.3 Å². The Morgan fingerprint density at radius 3 is 2.88 bits per heavy atom. The van der Waals surface area contributed by atoms with Crippen molar-refractivity contribution in [2.45, 2.75) is 38.8 Å². The number of aryl methyl sites for hydroxylation is 1. The summed E-state index contributed by atoms with van der Waals surface area (Å²) in [7, 11) is 0. The maximum Gasteiger partial charge on any atom is 0.290 e. The first-order valence-corrected chi connectivity index (χ1v) is 11.0. The summed E-state index contributed by atoms with van der Waals surface area (Å²) in [4.78, 5) is 40.0. The lowest BCUT2D eigenvalue weighted by molar-refractivity contribution is 0.0190. The molecule has 9 heteroatoms. The molecule has 1 spiro atoms. The summed E-state index contributed by atoms with van der Waals surface area (Å²) in [5.41, 5.74) is 2.60. The van der Waals surface area contributed by atoms with Crippen molar-refractivity contribution < 1.29 is 23.6 Å². The first-order chi connectivity index (χ1) is 15.5. The van der Waals surface area contributed by atoms with Gasteiger partial charge < -0.3 is 24.8 Å². The Bertz CT molecular complexity index is 1070. The molecule has 2 N–H and O–H groups in total. The van der Waals surface area contributed by atoms with Crippen LogP contribution in [0.2, 0.25) is 0 Å². The maximum atomic E-state index is 13.5. The molecular weight excluding hydrogens is 412 g/mol. The molecule has 3 aliphatic heterocycles. The molecule has 2 aromatic rings. The average Bonchev–Trinajstić information content (AvgIpc) is 3.49. The number of hydrogen-bond donors (Lipinski definition) is 2. The second kappa shape index (κ2) is 8.05. The highest BCUT2D eigenvalue weighted by atomic mass is 16.5. The third-order valence-electron chi connectivity index (χ3n) is 6.92. The number of aromatic nitrogens is 1. The summed E-state index contributed by atoms with van der Waals surface area (Å²) in [6.07, 6.45) is 4.06. The van der Waals surface area contributed by atoms with Crippen molar-refractivity contribution >= 4 is 17.7 Å². The van der Waals surface area contributed by atoms with Gasteiger partial charge in [0.05, 0.1) is 6.20 Å². The van der Waals surface area contributed by atoms with E-state index in [1.165, 1.54) is 6.20 Å². The van der Waals surface area contributed by atoms with E-state index in [9.17, 15) is 14.4 Å². The van der Waals surface area contributed by atoms with Crippen LogP contribution in [0.5, 0.6) is 0 Å². The normalized spacial score (nSPS) is 21.5. The van der Waals surface area contributed by atoms with E-state index in [0.717, 1.165) is 24.8 Å². The number of fused-ring (bicyclic) bond motifs is 1. The van der Waals surface area contributed by atoms with Gasteiger partial charge in [-0.2, -0.15) is 0 Å². The molecule has 1 atom stereocenters. The number of likely N-dealkylation sites (tertiary alicyclic amines) is 1. The van der Waals surface area contributed by atoms with Gasteiger partial charge in [0.15, 0.2) is 0 Å². The Morgan fingerprint density at radius 1 is 1.31 bits per heavy atom. The van der Waals surface area contributed by atoms with E-state index in [4.69, 9.17) is 9.26 Å². The van der Waals surface area contributed by atoms with Crippen molar-refractivity contribution in [3.63, 3.8) is 0 Å². The first kappa shape index (κ1) is 20.7. The molecule has 0 bridgehead atoms. The molecule has 1 aromatic carbocycles. The monoisotopic (exact) mass is 438 g/mol. The minimum Gasteiger partial charge on any atom is -0.381 e. The number of amides is 3. The molecule has 0 radical (unpaired) electrons. The van der Waals surface area contributed by atoms with E-state index < -0.39 is 0 Å². The van der Waals surface area contributed by atoms with Crippen molar-refractivity contribution in [1.29, 1.82) is 0 Å². The molecule has 3 aliphatic rings. The molecule has 1 unspecified atom stereocenters. The van der Waals surface area contributed by atoms with Gasteiger partial charge in [0.25, 0.3) is 17.7 Å². The molecule has 168 valence electrons. The number of nitrogens with zero attached hydrogens (tertiary/aromatic N) is 2. The van der Waals surface area contributed by atoms with Crippen molar-refractivity contribution in [2.24, 2.45) is 5.41 Å². The van der Waals surface area contributed by atoms with Gasteiger partial charge >= 0.3 is 0 Å². The predicted molar refractivity (Wildman–Crippen MR) is 113 cm³/mol. The van der Waals surface area contributed by atoms with Gasteiger partial charge in [-0.05, 0) is 49.3 Å². The van der Waals surface area contributed by atoms with Crippen molar-refractivity contribution in [1.82, 2.24) is 20.7 Å². The Labute approximate surface area is 185 Å². The summed E-state index contributed by atoms with van der Waals surface area (Å²) < 4.78 is 10.6. The van der Waals surface area contributed by atoms with Crippen LogP contribution < -0.4 is 10.6 Å². The van der Waals surface area contributed by atoms with Gasteiger partial charge in [-0.3, -0.25) is 14.4 Å². The largest absolute Gasteiger partial charge is 0.381 e. The molecule has 2 fully saturated rings. The van der Waals surface area contributed by atoms with E-state index in [0.29, 0.717) is 49.5 Å². The topological polar surface area (TPSA) is 114 Å². The number of nitrogens with one attached hydrogen (secondary N) is 2. The third-order valence-corrected chi connectivity index (χ3v) is 6.92. The molecular formula is C23H26N4O5. The van der Waals surface area contributed by atoms with Crippen molar-refractivity contribution in [3.05, 3.63) is 52.4 Å². The van der Waals surface area contributed by atoms with Crippen LogP contribution in [0, 0.1) is 12.3 Å². The summed E-state index contributed by atoms with van der Waals surface area (Å²) in [6.45, 7) is 4.54. The number of ether oxygens (including phenoxy) is 1. The van der Waals surface area contributed by atoms with Gasteiger partial charge in [-0.25, -0.2) is 0 Å². The zero-order valence-corrected chi connectivity index (χ0v) is 18.0. The van der Waals surface area contributed by atoms with E-state index >= 15 is 0 Å². The lowest BCUT2D eigenvalue weighted by Crippen LogP contribution is -2.43. The highest BCUT2D eigenvalue weighted by Gasteiger charge is 2.46. The maximum absolute atomic E-state index is 13.5. The van der Waals surface area contributed by atoms with Crippen molar-refractivity contribution in [2.75, 3.05) is 26.3 Å². The van der Waals surface area contributed by atoms with Crippen LogP contribution in [0.1, 0.15) is 61.7 Å². The number of carbonyl (C=O) groups is 3. The lowest BCUT2D eigenvalue weighted by Gasteiger charge is -2.33. The third kappa shape index (κ3) is 3.66. The van der Waals surface area contributed by atoms with Gasteiger partial charge in [0, 0.05) is 55.6 Å². The standard InChI is InChI=1S/C23H26N4O5/c1-14-10-26-32-19(14)21(29)25-12-17-9-23(4-6-31-7-5-23)13-27(17)22(30)15-2-3-16-11-24-20(28)18(16)8-15/h2-3,8,10,17H,4-7,9,11-13H2,1H3,(H,24,28)(H,25,29). The molecule has 32 heavy (non-hydrogen) atoms. The second-order valence-corrected chi connectivity index (χ2v) is 9.01. The predicted octanol–water partition coefficient (Wildman–Crippen LogP) is 1.67. The van der Waals surface area contributed by atoms with Gasteiger partial charge in [0.1, 0.15) is 0 Å². The Hall–Kier alpha value is -3.20. The molecule has 9 nitrogen and oxygen atoms in total. The number of benzene rings is 1. The van der Waals surface area contributed by atoms with Gasteiger partial charge in [-0.1, -0.05) is 11.2 Å². The van der Waals surface area contributed by atoms with E-state index in [2.05, 4.69) is 15.8 Å². The van der Waals surface area contributed by atoms with Crippen LogP contribution in [0.3, 0.4) is 0 Å². The Balaban J connectivity index is 1.37. The zero-order valence-electron chi connectivity index (χ0n) is 18.0. The van der Waals surface area contributed by atoms with Crippen LogP contribution >= 0.6 is 0 Å². The van der Waals surface area contributed by atoms with Crippen molar-refractivity contribution in [3.8, 4) is 0 Å². The second-order valence-electron chi connectivity index (χ2n) is 9.01. The molecule has 0 aliphatic carbocycles. The number of carbonyl (C=O) groups excluding carboxylic acids is 3. The minimum absolute atomic E-state index is 0.0143. The van der Waals surface area contributed by atoms with Crippen LogP contribution in [0.15, 0.2) is 28.9 Å². The quantitative estimate of drug-likeness (QED) is 0.751. The van der Waals surface area contributed by atoms with Crippen LogP contribution in [0.4, 0.5) is 0 Å². The fraction of sp³-hybridized carbons (Fsp3) is 0.478. The summed E-state index contributed by atoms with van der Waals surface area (Å²) in [6, 6.07) is 5.14. The lowest BCUT2D eigenvalue weighted by atomic mass is 9.78. The highest BCUT2D eigenvalue weighted by Crippen LogP contribution is 2.43. The summed E-state index contributed by atoms with van der Waals surface area (Å²) >= 11 is 0. The van der Waals surface area contributed by atoms with Crippen LogP contribution in [-0.4, -0.2) is 60.1 Å². The molecule has 0 saturated carbocycles. The fourth-order valence-electron chi connectivity index (χ4n) is 5.06. The highest BCUT2D eigenvalue weighted by molar-refractivity contribution is 6.02. The Morgan fingerprint density at radius 2 is 2.12 bits per heavy atom. The molecule has 2 saturated heterocycles. The fourth-order valence-corrected chi connectivity index (χ4v) is 5.06. The van der Waals surface area contributed by atoms with E-state index in [1.54, 1.807) is 19.1 Å². The number of rotatable bonds is 4. The SMILES string of the molecule is Cc1cnoc1C(=O)NCC1CC2(CCOCC2)CN1C(=O)c1ccc2c(c1)C(=O)NC2. The Kier molecular flexibility index (Phi) is 5.21. The molecule has 3 amide bonds. The van der Waals surface area contributed by atoms with E-state index in [1.807, 2.05) is 11.0 Å². The number of hydrogen-bond acceptors (Lipinski definition) is 6. The van der Waals surface area contributed by atoms with Gasteiger partial charge in [0.2, 0.25) is 5.76 Å². The molecule has 4 heterocycles. The van der Waals surface area contributed by atoms with Gasteiger partial charge in [-0.15, -0.1) is 0 Å². The first-order valence-electron chi connectivity index (χ1n) is 11.0. The minimum atomic E-state index is -0.338. The smallest absolute Gasteiger partial charge is 0.290 e. The average molecular weight is 438 g/mol. The zero-order chi connectivity index (χ0) is 22.3. The molecule has 5 rings (SSSR count). The summed E-state index contributed by atoms with van der Waals surface area (Å²) in [5, 5.41) is 9.36. The van der Waals surface area contributed by atoms with E-state index in [-0.39, 0.29) is 34.9 Å². The van der Waals surface area contributed by atoms with Crippen LogP contribution in [0.25, 0.3) is 0 Å². The summed E-state index contributed by atoms with van der Waals surface area (Å²) in [5.74, 6) is -0.421. The molecule has 1 aromatic heterocycles.